The normalized spacial score (nSPS) is 11.4. The van der Waals surface area contributed by atoms with Gasteiger partial charge in [0.25, 0.3) is 0 Å². The van der Waals surface area contributed by atoms with E-state index >= 15 is 0 Å². The van der Waals surface area contributed by atoms with E-state index in [9.17, 15) is 0 Å². The molecule has 18 heavy (non-hydrogen) atoms. The molecule has 0 unspecified atom stereocenters. The molecule has 0 amide bonds. The molecule has 0 radical (unpaired) electrons. The molecule has 0 atom stereocenters. The summed E-state index contributed by atoms with van der Waals surface area (Å²) in [6.07, 6.45) is 1.81. The van der Waals surface area contributed by atoms with Crippen molar-refractivity contribution in [3.8, 4) is 0 Å². The Hall–Kier alpha value is -1.14. The Balaban J connectivity index is 2.48. The molecule has 6 heteroatoms. The van der Waals surface area contributed by atoms with Gasteiger partial charge in [-0.2, -0.15) is 0 Å². The minimum atomic E-state index is -0.0410. The van der Waals surface area contributed by atoms with Crippen LogP contribution >= 0.6 is 12.2 Å². The van der Waals surface area contributed by atoms with Gasteiger partial charge in [0.1, 0.15) is 5.76 Å². The molecule has 0 aliphatic carbocycles. The van der Waals surface area contributed by atoms with E-state index < -0.39 is 0 Å². The first kappa shape index (κ1) is 14.9. The molecule has 0 aliphatic heterocycles. The van der Waals surface area contributed by atoms with Crippen LogP contribution in [0.5, 0.6) is 0 Å². The fraction of sp³-hybridized carbons (Fsp3) is 0.667. The van der Waals surface area contributed by atoms with Crippen molar-refractivity contribution in [2.24, 2.45) is 0 Å². The van der Waals surface area contributed by atoms with Gasteiger partial charge in [0, 0.05) is 18.4 Å². The Kier molecular flexibility index (Phi) is 5.10. The SMILES string of the molecule is Cc1nc(C(C)(C)C)oc1CCCNC(=S)N[NH3+]. The second-order valence-corrected chi connectivity index (χ2v) is 5.72. The van der Waals surface area contributed by atoms with Gasteiger partial charge in [-0.1, -0.05) is 20.8 Å². The largest absolute Gasteiger partial charge is 0.445 e. The minimum absolute atomic E-state index is 0.0410. The molecule has 0 bridgehead atoms. The van der Waals surface area contributed by atoms with Crippen LogP contribution in [-0.2, 0) is 11.8 Å². The van der Waals surface area contributed by atoms with Crippen molar-refractivity contribution in [3.63, 3.8) is 0 Å². The number of rotatable bonds is 4. The number of oxazole rings is 1. The smallest absolute Gasteiger partial charge is 0.213 e. The fourth-order valence-electron chi connectivity index (χ4n) is 1.49. The van der Waals surface area contributed by atoms with Gasteiger partial charge in [0.2, 0.25) is 5.11 Å². The summed E-state index contributed by atoms with van der Waals surface area (Å²) < 4.78 is 5.81. The Morgan fingerprint density at radius 3 is 2.61 bits per heavy atom. The first-order valence-corrected chi connectivity index (χ1v) is 6.53. The highest BCUT2D eigenvalue weighted by Gasteiger charge is 2.21. The first-order chi connectivity index (χ1) is 8.34. The van der Waals surface area contributed by atoms with Crippen LogP contribution in [0.2, 0.25) is 0 Å². The van der Waals surface area contributed by atoms with Crippen LogP contribution in [0.3, 0.4) is 0 Å². The lowest BCUT2D eigenvalue weighted by atomic mass is 9.97. The molecule has 0 spiro atoms. The summed E-state index contributed by atoms with van der Waals surface area (Å²) in [6.45, 7) is 9.09. The third-order valence-corrected chi connectivity index (χ3v) is 2.85. The van der Waals surface area contributed by atoms with Crippen LogP contribution in [0.4, 0.5) is 0 Å². The van der Waals surface area contributed by atoms with E-state index in [1.54, 1.807) is 0 Å². The summed E-state index contributed by atoms with van der Waals surface area (Å²) in [7, 11) is 0. The predicted molar refractivity (Wildman–Crippen MR) is 74.9 cm³/mol. The van der Waals surface area contributed by atoms with Crippen molar-refractivity contribution in [3.05, 3.63) is 17.3 Å². The Morgan fingerprint density at radius 2 is 2.11 bits per heavy atom. The monoisotopic (exact) mass is 271 g/mol. The van der Waals surface area contributed by atoms with Crippen molar-refractivity contribution < 1.29 is 10.3 Å². The predicted octanol–water partition coefficient (Wildman–Crippen LogP) is 0.834. The summed E-state index contributed by atoms with van der Waals surface area (Å²) in [5, 5.41) is 3.62. The van der Waals surface area contributed by atoms with Gasteiger partial charge >= 0.3 is 0 Å². The third kappa shape index (κ3) is 4.27. The molecule has 1 rings (SSSR count). The minimum Gasteiger partial charge on any atom is -0.445 e. The highest BCUT2D eigenvalue weighted by atomic mass is 32.1. The van der Waals surface area contributed by atoms with E-state index in [1.165, 1.54) is 0 Å². The zero-order valence-corrected chi connectivity index (χ0v) is 12.4. The lowest BCUT2D eigenvalue weighted by Gasteiger charge is -2.12. The maximum Gasteiger partial charge on any atom is 0.213 e. The van der Waals surface area contributed by atoms with Gasteiger partial charge in [-0.25, -0.2) is 10.4 Å². The summed E-state index contributed by atoms with van der Waals surface area (Å²) in [5.74, 6) is 5.26. The number of thiocarbonyl (C=S) groups is 1. The van der Waals surface area contributed by atoms with Crippen LogP contribution in [0, 0.1) is 6.92 Å². The molecule has 5 N–H and O–H groups in total. The van der Waals surface area contributed by atoms with Crippen molar-refractivity contribution in [2.75, 3.05) is 6.54 Å². The average Bonchev–Trinajstić information content (AvgIpc) is 2.66. The number of nitrogens with one attached hydrogen (secondary N) is 2. The van der Waals surface area contributed by atoms with Crippen LogP contribution in [-0.4, -0.2) is 16.6 Å². The lowest BCUT2D eigenvalue weighted by Crippen LogP contribution is -2.69. The molecule has 0 aliphatic rings. The van der Waals surface area contributed by atoms with Gasteiger partial charge in [0.05, 0.1) is 5.69 Å². The summed E-state index contributed by atoms with van der Waals surface area (Å²) in [6, 6.07) is 0. The number of quaternary nitrogens is 1. The standard InChI is InChI=1S/C12H22N4OS/c1-8-9(6-5-7-14-11(18)16-13)17-10(15-8)12(2,3)4/h5-7,13H2,1-4H3,(H2,14,16,18)/p+1. The summed E-state index contributed by atoms with van der Waals surface area (Å²) in [5.41, 5.74) is 3.58. The maximum absolute atomic E-state index is 5.81. The van der Waals surface area contributed by atoms with Crippen LogP contribution in [0.25, 0.3) is 0 Å². The quantitative estimate of drug-likeness (QED) is 0.429. The Bertz CT molecular complexity index is 409. The van der Waals surface area contributed by atoms with E-state index in [1.807, 2.05) is 6.92 Å². The van der Waals surface area contributed by atoms with E-state index in [0.717, 1.165) is 36.7 Å². The van der Waals surface area contributed by atoms with E-state index in [2.05, 4.69) is 42.3 Å². The van der Waals surface area contributed by atoms with Gasteiger partial charge < -0.3 is 9.73 Å². The molecule has 0 fully saturated rings. The zero-order chi connectivity index (χ0) is 13.8. The van der Waals surface area contributed by atoms with Gasteiger partial charge in [-0.3, -0.25) is 5.84 Å². The second-order valence-electron chi connectivity index (χ2n) is 5.31. The number of hydrogen-bond donors (Lipinski definition) is 3. The van der Waals surface area contributed by atoms with Crippen LogP contribution in [0.1, 0.15) is 44.5 Å². The molecule has 1 aromatic rings. The maximum atomic E-state index is 5.81. The van der Waals surface area contributed by atoms with Gasteiger partial charge in [-0.05, 0) is 25.6 Å². The molecule has 102 valence electrons. The number of aryl methyl sites for hydroxylation is 2. The van der Waals surface area contributed by atoms with Gasteiger partial charge in [-0.15, -0.1) is 0 Å². The number of hydrogen-bond acceptors (Lipinski definition) is 3. The second kappa shape index (κ2) is 6.15. The number of aromatic nitrogens is 1. The highest BCUT2D eigenvalue weighted by molar-refractivity contribution is 7.80. The van der Waals surface area contributed by atoms with E-state index in [4.69, 9.17) is 16.6 Å². The summed E-state index contributed by atoms with van der Waals surface area (Å²) >= 11 is 4.94. The van der Waals surface area contributed by atoms with Crippen molar-refractivity contribution in [2.45, 2.75) is 46.0 Å². The highest BCUT2D eigenvalue weighted by Crippen LogP contribution is 2.24. The topological polar surface area (TPSA) is 77.7 Å². The van der Waals surface area contributed by atoms with Crippen molar-refractivity contribution in [1.29, 1.82) is 0 Å². The van der Waals surface area contributed by atoms with Crippen molar-refractivity contribution >= 4 is 17.3 Å². The molecular formula is C12H23N4OS+. The average molecular weight is 271 g/mol. The zero-order valence-electron chi connectivity index (χ0n) is 11.6. The van der Waals surface area contributed by atoms with E-state index in [-0.39, 0.29) is 5.41 Å². The van der Waals surface area contributed by atoms with E-state index in [0.29, 0.717) is 5.11 Å². The first-order valence-electron chi connectivity index (χ1n) is 6.12. The molecule has 0 saturated carbocycles. The van der Waals surface area contributed by atoms with Crippen LogP contribution < -0.4 is 16.6 Å². The molecule has 1 aromatic heterocycles. The third-order valence-electron chi connectivity index (χ3n) is 2.56. The molecule has 1 heterocycles. The molecule has 5 nitrogen and oxygen atoms in total. The van der Waals surface area contributed by atoms with Crippen molar-refractivity contribution in [1.82, 2.24) is 15.7 Å². The Morgan fingerprint density at radius 1 is 1.44 bits per heavy atom. The lowest BCUT2D eigenvalue weighted by molar-refractivity contribution is -0.419. The Labute approximate surface area is 113 Å². The van der Waals surface area contributed by atoms with Gasteiger partial charge in [0.15, 0.2) is 5.89 Å². The number of nitrogens with zero attached hydrogens (tertiary/aromatic N) is 1. The molecule has 0 saturated heterocycles. The van der Waals surface area contributed by atoms with Crippen LogP contribution in [0.15, 0.2) is 4.42 Å². The fourth-order valence-corrected chi connectivity index (χ4v) is 1.60. The summed E-state index contributed by atoms with van der Waals surface area (Å²) in [4.78, 5) is 4.48. The molecule has 0 aromatic carbocycles. The molecular weight excluding hydrogens is 248 g/mol.